The maximum atomic E-state index is 12.4. The number of phenols is 1. The van der Waals surface area contributed by atoms with E-state index in [9.17, 15) is 18.0 Å². The van der Waals surface area contributed by atoms with E-state index in [1.165, 1.54) is 25.1 Å². The van der Waals surface area contributed by atoms with E-state index in [1.54, 1.807) is 0 Å². The zero-order valence-electron chi connectivity index (χ0n) is 9.17. The minimum atomic E-state index is -4.66. The van der Waals surface area contributed by atoms with E-state index in [0.29, 0.717) is 6.07 Å². The number of hydrogen-bond donors (Lipinski definition) is 2. The number of halogens is 3. The van der Waals surface area contributed by atoms with Crippen LogP contribution in [-0.2, 0) is 6.18 Å². The number of aromatic hydroxyl groups is 1. The van der Waals surface area contributed by atoms with E-state index in [-0.39, 0.29) is 5.69 Å². The monoisotopic (exact) mass is 248 g/mol. The number of hydrogen-bond acceptors (Lipinski definition) is 2. The summed E-state index contributed by atoms with van der Waals surface area (Å²) in [5.41, 5.74) is -1.22. The summed E-state index contributed by atoms with van der Waals surface area (Å²) >= 11 is 0. The molecule has 0 aliphatic rings. The zero-order chi connectivity index (χ0) is 13.2. The standard InChI is InChI=1S/C10H11F3N2O2/c1-15(2)9(17)14-6-3-4-8(16)7(5-6)10(11,12)13/h3-5,16H,1-2H3,(H,14,17). The van der Waals surface area contributed by atoms with Crippen molar-refractivity contribution in [1.29, 1.82) is 0 Å². The summed E-state index contributed by atoms with van der Waals surface area (Å²) < 4.78 is 37.3. The molecule has 0 bridgehead atoms. The molecule has 0 saturated heterocycles. The van der Waals surface area contributed by atoms with Crippen LogP contribution in [0.1, 0.15) is 5.56 Å². The van der Waals surface area contributed by atoms with Gasteiger partial charge in [-0.15, -0.1) is 0 Å². The summed E-state index contributed by atoms with van der Waals surface area (Å²) in [5, 5.41) is 11.3. The SMILES string of the molecule is CN(C)C(=O)Nc1ccc(O)c(C(F)(F)F)c1. The number of phenolic OH excluding ortho intramolecular Hbond substituents is 1. The Hall–Kier alpha value is -1.92. The predicted octanol–water partition coefficient (Wildman–Crippen LogP) is 2.50. The molecule has 0 aromatic heterocycles. The van der Waals surface area contributed by atoms with Gasteiger partial charge in [-0.3, -0.25) is 0 Å². The van der Waals surface area contributed by atoms with Gasteiger partial charge in [-0.05, 0) is 18.2 Å². The van der Waals surface area contributed by atoms with Gasteiger partial charge in [-0.25, -0.2) is 4.79 Å². The van der Waals surface area contributed by atoms with Crippen molar-refractivity contribution < 1.29 is 23.1 Å². The number of nitrogens with one attached hydrogen (secondary N) is 1. The van der Waals surface area contributed by atoms with Gasteiger partial charge < -0.3 is 15.3 Å². The Morgan fingerprint density at radius 3 is 2.41 bits per heavy atom. The molecule has 1 aromatic carbocycles. The van der Waals surface area contributed by atoms with Gasteiger partial charge in [0, 0.05) is 19.8 Å². The van der Waals surface area contributed by atoms with Crippen molar-refractivity contribution in [1.82, 2.24) is 4.90 Å². The van der Waals surface area contributed by atoms with Gasteiger partial charge in [0.05, 0.1) is 5.56 Å². The van der Waals surface area contributed by atoms with E-state index in [1.807, 2.05) is 0 Å². The third-order valence-corrected chi connectivity index (χ3v) is 1.96. The number of amides is 2. The lowest BCUT2D eigenvalue weighted by Gasteiger charge is -2.14. The summed E-state index contributed by atoms with van der Waals surface area (Å²) in [6.45, 7) is 0. The minimum Gasteiger partial charge on any atom is -0.507 e. The Morgan fingerprint density at radius 2 is 1.94 bits per heavy atom. The number of carbonyl (C=O) groups excluding carboxylic acids is 1. The summed E-state index contributed by atoms with van der Waals surface area (Å²) in [5.74, 6) is -0.875. The summed E-state index contributed by atoms with van der Waals surface area (Å²) in [4.78, 5) is 12.4. The van der Waals surface area contributed by atoms with Crippen LogP contribution in [0, 0.1) is 0 Å². The van der Waals surface area contributed by atoms with Crippen LogP contribution in [-0.4, -0.2) is 30.1 Å². The molecule has 94 valence electrons. The Morgan fingerprint density at radius 1 is 1.35 bits per heavy atom. The molecule has 0 heterocycles. The number of urea groups is 1. The lowest BCUT2D eigenvalue weighted by atomic mass is 10.1. The van der Waals surface area contributed by atoms with Gasteiger partial charge in [0.1, 0.15) is 5.75 Å². The lowest BCUT2D eigenvalue weighted by molar-refractivity contribution is -0.138. The van der Waals surface area contributed by atoms with E-state index in [4.69, 9.17) is 5.11 Å². The van der Waals surface area contributed by atoms with Crippen molar-refractivity contribution in [2.24, 2.45) is 0 Å². The molecule has 0 saturated carbocycles. The molecule has 17 heavy (non-hydrogen) atoms. The maximum Gasteiger partial charge on any atom is 0.420 e. The van der Waals surface area contributed by atoms with Crippen LogP contribution in [0.4, 0.5) is 23.7 Å². The molecule has 0 aliphatic carbocycles. The molecule has 0 aliphatic heterocycles. The molecule has 1 rings (SSSR count). The van der Waals surface area contributed by atoms with Crippen LogP contribution in [0.5, 0.6) is 5.75 Å². The molecule has 7 heteroatoms. The van der Waals surface area contributed by atoms with Crippen LogP contribution in [0.25, 0.3) is 0 Å². The molecule has 2 N–H and O–H groups in total. The van der Waals surface area contributed by atoms with Crippen LogP contribution >= 0.6 is 0 Å². The van der Waals surface area contributed by atoms with Crippen LogP contribution in [0.2, 0.25) is 0 Å². The largest absolute Gasteiger partial charge is 0.507 e. The first kappa shape index (κ1) is 13.1. The molecular weight excluding hydrogens is 237 g/mol. The molecule has 4 nitrogen and oxygen atoms in total. The summed E-state index contributed by atoms with van der Waals surface area (Å²) in [7, 11) is 2.92. The van der Waals surface area contributed by atoms with Crippen molar-refractivity contribution >= 4 is 11.7 Å². The second-order valence-corrected chi connectivity index (χ2v) is 3.55. The van der Waals surface area contributed by atoms with Gasteiger partial charge in [-0.1, -0.05) is 0 Å². The maximum absolute atomic E-state index is 12.4. The number of nitrogens with zero attached hydrogens (tertiary/aromatic N) is 1. The smallest absolute Gasteiger partial charge is 0.420 e. The Labute approximate surface area is 95.7 Å². The highest BCUT2D eigenvalue weighted by molar-refractivity contribution is 5.89. The highest BCUT2D eigenvalue weighted by Gasteiger charge is 2.34. The van der Waals surface area contributed by atoms with Crippen molar-refractivity contribution in [2.45, 2.75) is 6.18 Å². The summed E-state index contributed by atoms with van der Waals surface area (Å²) in [6, 6.07) is 2.19. The fourth-order valence-corrected chi connectivity index (χ4v) is 1.08. The fourth-order valence-electron chi connectivity index (χ4n) is 1.08. The van der Waals surface area contributed by atoms with Crippen molar-refractivity contribution in [3.63, 3.8) is 0 Å². The van der Waals surface area contributed by atoms with Crippen LogP contribution in [0.15, 0.2) is 18.2 Å². The first-order valence-corrected chi connectivity index (χ1v) is 4.60. The molecule has 0 unspecified atom stereocenters. The van der Waals surface area contributed by atoms with E-state index < -0.39 is 23.5 Å². The second kappa shape index (κ2) is 4.52. The number of alkyl halides is 3. The third-order valence-electron chi connectivity index (χ3n) is 1.96. The topological polar surface area (TPSA) is 52.6 Å². The quantitative estimate of drug-likeness (QED) is 0.750. The number of benzene rings is 1. The van der Waals surface area contributed by atoms with Crippen molar-refractivity contribution in [2.75, 3.05) is 19.4 Å². The van der Waals surface area contributed by atoms with Gasteiger partial charge >= 0.3 is 12.2 Å². The highest BCUT2D eigenvalue weighted by atomic mass is 19.4. The molecule has 0 fully saturated rings. The average Bonchev–Trinajstić information content (AvgIpc) is 2.19. The number of rotatable bonds is 1. The molecule has 0 atom stereocenters. The second-order valence-electron chi connectivity index (χ2n) is 3.55. The number of anilines is 1. The van der Waals surface area contributed by atoms with Crippen molar-refractivity contribution in [3.05, 3.63) is 23.8 Å². The van der Waals surface area contributed by atoms with Gasteiger partial charge in [-0.2, -0.15) is 13.2 Å². The minimum absolute atomic E-state index is 0.0335. The number of carbonyl (C=O) groups is 1. The highest BCUT2D eigenvalue weighted by Crippen LogP contribution is 2.37. The predicted molar refractivity (Wildman–Crippen MR) is 55.8 cm³/mol. The Kier molecular flexibility index (Phi) is 3.50. The Balaban J connectivity index is 3.01. The molecule has 0 spiro atoms. The molecular formula is C10H11F3N2O2. The van der Waals surface area contributed by atoms with Crippen molar-refractivity contribution in [3.8, 4) is 5.75 Å². The van der Waals surface area contributed by atoms with Crippen LogP contribution in [0.3, 0.4) is 0 Å². The van der Waals surface area contributed by atoms with E-state index >= 15 is 0 Å². The normalized spacial score (nSPS) is 11.1. The third kappa shape index (κ3) is 3.27. The summed E-state index contributed by atoms with van der Waals surface area (Å²) in [6.07, 6.45) is -4.66. The Bertz CT molecular complexity index is 430. The first-order chi connectivity index (χ1) is 7.71. The lowest BCUT2D eigenvalue weighted by Crippen LogP contribution is -2.27. The van der Waals surface area contributed by atoms with E-state index in [0.717, 1.165) is 6.07 Å². The van der Waals surface area contributed by atoms with Gasteiger partial charge in [0.2, 0.25) is 0 Å². The molecule has 0 radical (unpaired) electrons. The average molecular weight is 248 g/mol. The van der Waals surface area contributed by atoms with Gasteiger partial charge in [0.25, 0.3) is 0 Å². The molecule has 2 amide bonds. The van der Waals surface area contributed by atoms with Crippen LogP contribution < -0.4 is 5.32 Å². The molecule has 1 aromatic rings. The first-order valence-electron chi connectivity index (χ1n) is 4.60. The van der Waals surface area contributed by atoms with E-state index in [2.05, 4.69) is 5.32 Å². The van der Waals surface area contributed by atoms with Gasteiger partial charge in [0.15, 0.2) is 0 Å². The zero-order valence-corrected chi connectivity index (χ0v) is 9.17. The fraction of sp³-hybridized carbons (Fsp3) is 0.300.